The minimum atomic E-state index is 0. The number of carbonyl (C=O) groups is 1. The predicted molar refractivity (Wildman–Crippen MR) is 69.0 cm³/mol. The molecule has 6 heteroatoms. The Morgan fingerprint density at radius 3 is 2.83 bits per heavy atom. The van der Waals surface area contributed by atoms with Gasteiger partial charge in [0.2, 0.25) is 5.91 Å². The third-order valence-corrected chi connectivity index (χ3v) is 4.41. The number of rotatable bonds is 2. The summed E-state index contributed by atoms with van der Waals surface area (Å²) in [6.07, 6.45) is 6.31. The third-order valence-electron chi connectivity index (χ3n) is 4.41. The topological polar surface area (TPSA) is 68.2 Å². The highest BCUT2D eigenvalue weighted by Crippen LogP contribution is 2.37. The average Bonchev–Trinajstić information content (AvgIpc) is 3.04. The minimum Gasteiger partial charge on any atom is -0.351 e. The Morgan fingerprint density at radius 1 is 1.39 bits per heavy atom. The van der Waals surface area contributed by atoms with Gasteiger partial charge in [-0.1, -0.05) is 0 Å². The molecule has 3 fully saturated rings. The number of nitrogens with zero attached hydrogens (tertiary/aromatic N) is 2. The van der Waals surface area contributed by atoms with Gasteiger partial charge in [0, 0.05) is 12.6 Å². The summed E-state index contributed by atoms with van der Waals surface area (Å²) in [7, 11) is 0. The van der Waals surface area contributed by atoms with Crippen LogP contribution in [0.5, 0.6) is 0 Å². The van der Waals surface area contributed by atoms with Crippen molar-refractivity contribution in [2.75, 3.05) is 13.1 Å². The first-order chi connectivity index (χ1) is 8.29. The number of fused-ring (bicyclic) bond motifs is 2. The first-order valence-electron chi connectivity index (χ1n) is 6.49. The van der Waals surface area contributed by atoms with E-state index in [1.807, 2.05) is 4.90 Å². The molecule has 2 bridgehead atoms. The smallest absolute Gasteiger partial charge is 0.224 e. The second-order valence-corrected chi connectivity index (χ2v) is 5.35. The van der Waals surface area contributed by atoms with Crippen LogP contribution in [0.25, 0.3) is 0 Å². The van der Waals surface area contributed by atoms with Crippen LogP contribution in [0.1, 0.15) is 25.7 Å². The lowest BCUT2D eigenvalue weighted by Crippen LogP contribution is -2.45. The number of hydrogen-bond acceptors (Lipinski definition) is 4. The van der Waals surface area contributed by atoms with Gasteiger partial charge >= 0.3 is 0 Å². The molecule has 3 aliphatic heterocycles. The van der Waals surface area contributed by atoms with Gasteiger partial charge in [0.15, 0.2) is 6.19 Å². The van der Waals surface area contributed by atoms with E-state index in [2.05, 4.69) is 16.8 Å². The zero-order valence-electron chi connectivity index (χ0n) is 10.3. The Labute approximate surface area is 113 Å². The minimum absolute atomic E-state index is 0. The van der Waals surface area contributed by atoms with Gasteiger partial charge in [0.25, 0.3) is 0 Å². The van der Waals surface area contributed by atoms with Gasteiger partial charge in [-0.05, 0) is 32.2 Å². The third kappa shape index (κ3) is 2.15. The first kappa shape index (κ1) is 13.4. The van der Waals surface area contributed by atoms with Crippen molar-refractivity contribution >= 4 is 18.3 Å². The number of hydrogen-bond donors (Lipinski definition) is 2. The van der Waals surface area contributed by atoms with E-state index in [1.54, 1.807) is 0 Å². The highest BCUT2D eigenvalue weighted by atomic mass is 35.5. The van der Waals surface area contributed by atoms with Crippen LogP contribution in [0.2, 0.25) is 0 Å². The Bertz CT molecular complexity index is 364. The fourth-order valence-electron chi connectivity index (χ4n) is 3.48. The molecule has 0 saturated carbocycles. The zero-order valence-corrected chi connectivity index (χ0v) is 11.1. The molecule has 2 N–H and O–H groups in total. The standard InChI is InChI=1S/C12H18N4O.ClH/c13-7-16-9-1-2-11(16)10(5-9)15-12(17)8-3-4-14-6-8;/h8-11,14H,1-6H2,(H,15,17);1H/t8-,9-,10+,11+;/m0./s1. The molecule has 0 radical (unpaired) electrons. The van der Waals surface area contributed by atoms with Gasteiger partial charge < -0.3 is 15.5 Å². The van der Waals surface area contributed by atoms with Crippen LogP contribution in [0.3, 0.4) is 0 Å². The number of halogens is 1. The Balaban J connectivity index is 0.00000120. The predicted octanol–water partition coefficient (Wildman–Crippen LogP) is 0.220. The van der Waals surface area contributed by atoms with Crippen molar-refractivity contribution in [1.82, 2.24) is 15.5 Å². The molecule has 4 atom stereocenters. The van der Waals surface area contributed by atoms with Crippen LogP contribution in [-0.2, 0) is 4.79 Å². The van der Waals surface area contributed by atoms with Crippen molar-refractivity contribution in [2.24, 2.45) is 5.92 Å². The lowest BCUT2D eigenvalue weighted by Gasteiger charge is -2.23. The molecule has 100 valence electrons. The summed E-state index contributed by atoms with van der Waals surface area (Å²) in [6.45, 7) is 1.74. The summed E-state index contributed by atoms with van der Waals surface area (Å²) in [5.41, 5.74) is 0. The summed E-state index contributed by atoms with van der Waals surface area (Å²) in [4.78, 5) is 13.9. The highest BCUT2D eigenvalue weighted by molar-refractivity contribution is 5.85. The normalized spacial score (nSPS) is 37.2. The van der Waals surface area contributed by atoms with E-state index in [0.717, 1.165) is 38.8 Å². The number of carbonyl (C=O) groups excluding carboxylic acids is 1. The summed E-state index contributed by atoms with van der Waals surface area (Å²) < 4.78 is 0. The van der Waals surface area contributed by atoms with E-state index in [0.29, 0.717) is 6.04 Å². The molecular formula is C12H19ClN4O. The molecule has 3 saturated heterocycles. The van der Waals surface area contributed by atoms with Gasteiger partial charge in [0.05, 0.1) is 18.0 Å². The second kappa shape index (κ2) is 5.33. The number of amides is 1. The SMILES string of the molecule is Cl.N#CN1[C@H]2CC[C@@H]1[C@H](NC(=O)[C@H]1CCNC1)C2. The van der Waals surface area contributed by atoms with E-state index in [1.165, 1.54) is 0 Å². The van der Waals surface area contributed by atoms with Crippen molar-refractivity contribution in [1.29, 1.82) is 5.26 Å². The van der Waals surface area contributed by atoms with Gasteiger partial charge in [-0.2, -0.15) is 5.26 Å². The fourth-order valence-corrected chi connectivity index (χ4v) is 3.48. The molecular weight excluding hydrogens is 252 g/mol. The second-order valence-electron chi connectivity index (χ2n) is 5.35. The van der Waals surface area contributed by atoms with Crippen LogP contribution in [0, 0.1) is 17.4 Å². The van der Waals surface area contributed by atoms with Gasteiger partial charge in [-0.25, -0.2) is 0 Å². The first-order valence-corrected chi connectivity index (χ1v) is 6.49. The van der Waals surface area contributed by atoms with Crippen LogP contribution in [0.4, 0.5) is 0 Å². The van der Waals surface area contributed by atoms with Crippen LogP contribution in [-0.4, -0.2) is 42.0 Å². The van der Waals surface area contributed by atoms with Gasteiger partial charge in [-0.3, -0.25) is 4.79 Å². The molecule has 0 spiro atoms. The molecule has 0 aliphatic carbocycles. The van der Waals surface area contributed by atoms with Gasteiger partial charge in [-0.15, -0.1) is 12.4 Å². The maximum Gasteiger partial charge on any atom is 0.224 e. The van der Waals surface area contributed by atoms with E-state index < -0.39 is 0 Å². The average molecular weight is 271 g/mol. The lowest BCUT2D eigenvalue weighted by atomic mass is 9.95. The van der Waals surface area contributed by atoms with E-state index >= 15 is 0 Å². The summed E-state index contributed by atoms with van der Waals surface area (Å²) in [5, 5.41) is 15.4. The van der Waals surface area contributed by atoms with Crippen LogP contribution in [0.15, 0.2) is 0 Å². The summed E-state index contributed by atoms with van der Waals surface area (Å²) in [5.74, 6) is 0.301. The molecule has 0 aromatic heterocycles. The molecule has 3 rings (SSSR count). The van der Waals surface area contributed by atoms with E-state index in [-0.39, 0.29) is 36.3 Å². The van der Waals surface area contributed by atoms with Crippen molar-refractivity contribution in [3.05, 3.63) is 0 Å². The van der Waals surface area contributed by atoms with Crippen LogP contribution < -0.4 is 10.6 Å². The Kier molecular flexibility index (Phi) is 3.98. The molecule has 0 aromatic rings. The zero-order chi connectivity index (χ0) is 11.8. The molecule has 3 aliphatic rings. The molecule has 0 unspecified atom stereocenters. The van der Waals surface area contributed by atoms with Crippen molar-refractivity contribution < 1.29 is 4.79 Å². The molecule has 5 nitrogen and oxygen atoms in total. The quantitative estimate of drug-likeness (QED) is 0.705. The molecule has 1 amide bonds. The number of nitrogens with one attached hydrogen (secondary N) is 2. The largest absolute Gasteiger partial charge is 0.351 e. The molecule has 18 heavy (non-hydrogen) atoms. The lowest BCUT2D eigenvalue weighted by molar-refractivity contribution is -0.125. The monoisotopic (exact) mass is 270 g/mol. The van der Waals surface area contributed by atoms with Crippen molar-refractivity contribution in [3.8, 4) is 6.19 Å². The Hall–Kier alpha value is -0.990. The molecule has 0 aromatic carbocycles. The highest BCUT2D eigenvalue weighted by Gasteiger charge is 2.46. The fraction of sp³-hybridized carbons (Fsp3) is 0.833. The van der Waals surface area contributed by atoms with E-state index in [4.69, 9.17) is 5.26 Å². The number of nitriles is 1. The van der Waals surface area contributed by atoms with E-state index in [9.17, 15) is 4.79 Å². The van der Waals surface area contributed by atoms with Gasteiger partial charge in [0.1, 0.15) is 0 Å². The maximum absolute atomic E-state index is 12.0. The van der Waals surface area contributed by atoms with Crippen LogP contribution >= 0.6 is 12.4 Å². The van der Waals surface area contributed by atoms with Crippen molar-refractivity contribution in [3.63, 3.8) is 0 Å². The summed E-state index contributed by atoms with van der Waals surface area (Å²) >= 11 is 0. The Morgan fingerprint density at radius 2 is 2.22 bits per heavy atom. The van der Waals surface area contributed by atoms with Crippen molar-refractivity contribution in [2.45, 2.75) is 43.8 Å². The maximum atomic E-state index is 12.0. The summed E-state index contributed by atoms with van der Waals surface area (Å²) in [6, 6.07) is 0.821. The molecule has 3 heterocycles.